The summed E-state index contributed by atoms with van der Waals surface area (Å²) in [6.45, 7) is 2.69. The van der Waals surface area contributed by atoms with Crippen molar-refractivity contribution < 1.29 is 23.5 Å². The van der Waals surface area contributed by atoms with E-state index in [1.165, 1.54) is 18.9 Å². The Bertz CT molecular complexity index is 966. The second-order valence-corrected chi connectivity index (χ2v) is 9.78. The van der Waals surface area contributed by atoms with Gasteiger partial charge in [0.2, 0.25) is 17.6 Å². The molecule has 1 saturated carbocycles. The predicted molar refractivity (Wildman–Crippen MR) is 134 cm³/mol. The topological polar surface area (TPSA) is 93.0 Å². The first kappa shape index (κ1) is 26.1. The number of hydrogen-bond acceptors (Lipinski definition) is 6. The van der Waals surface area contributed by atoms with E-state index >= 15 is 0 Å². The van der Waals surface area contributed by atoms with Gasteiger partial charge in [-0.05, 0) is 37.2 Å². The average molecular weight is 496 g/mol. The lowest BCUT2D eigenvalue weighted by Gasteiger charge is -2.35. The smallest absolute Gasteiger partial charge is 0.265 e. The Labute approximate surface area is 213 Å². The minimum atomic E-state index is -0.684. The Kier molecular flexibility index (Phi) is 9.67. The average Bonchev–Trinajstić information content (AvgIpc) is 3.48. The lowest BCUT2D eigenvalue weighted by molar-refractivity contribution is -0.140. The van der Waals surface area contributed by atoms with E-state index in [0.29, 0.717) is 51.6 Å². The number of ether oxygens (including phenoxy) is 1. The molecule has 194 valence electrons. The molecule has 1 aromatic heterocycles. The summed E-state index contributed by atoms with van der Waals surface area (Å²) in [5, 5.41) is 0. The number of aromatic nitrogens is 1. The Morgan fingerprint density at radius 1 is 1.03 bits per heavy atom. The van der Waals surface area contributed by atoms with Crippen LogP contribution in [0.2, 0.25) is 0 Å². The maximum Gasteiger partial charge on any atom is 0.265 e. The van der Waals surface area contributed by atoms with Gasteiger partial charge in [-0.1, -0.05) is 49.6 Å². The monoisotopic (exact) mass is 495 g/mol. The first-order chi connectivity index (χ1) is 17.6. The minimum Gasteiger partial charge on any atom is -0.442 e. The second-order valence-electron chi connectivity index (χ2n) is 9.78. The van der Waals surface area contributed by atoms with Crippen LogP contribution in [0, 0.1) is 5.92 Å². The highest BCUT2D eigenvalue weighted by molar-refractivity contribution is 5.98. The number of rotatable bonds is 11. The molecule has 2 heterocycles. The highest BCUT2D eigenvalue weighted by atomic mass is 16.5. The summed E-state index contributed by atoms with van der Waals surface area (Å²) in [6, 6.07) is 9.28. The van der Waals surface area contributed by atoms with Crippen molar-refractivity contribution in [1.82, 2.24) is 14.8 Å². The maximum absolute atomic E-state index is 13.7. The fourth-order valence-corrected chi connectivity index (χ4v) is 5.24. The van der Waals surface area contributed by atoms with Crippen molar-refractivity contribution in [2.24, 2.45) is 5.92 Å². The number of carbonyl (C=O) groups excluding carboxylic acids is 3. The lowest BCUT2D eigenvalue weighted by atomic mass is 9.88. The van der Waals surface area contributed by atoms with E-state index in [9.17, 15) is 14.4 Å². The SMILES string of the molecule is O=C(c1ncco1)[C@@H](CCc1ccccc1)N(CC1CCCCC1)C(=O)CCC(=O)N1CCOCC1. The number of morpholine rings is 1. The van der Waals surface area contributed by atoms with Gasteiger partial charge in [0.1, 0.15) is 12.3 Å². The molecule has 0 bridgehead atoms. The van der Waals surface area contributed by atoms with E-state index < -0.39 is 6.04 Å². The number of oxazole rings is 1. The summed E-state index contributed by atoms with van der Waals surface area (Å²) in [5.74, 6) is -0.0861. The number of aryl methyl sites for hydroxylation is 1. The molecule has 1 saturated heterocycles. The van der Waals surface area contributed by atoms with Crippen molar-refractivity contribution in [3.05, 3.63) is 54.2 Å². The van der Waals surface area contributed by atoms with Gasteiger partial charge in [0.05, 0.1) is 19.4 Å². The van der Waals surface area contributed by atoms with E-state index in [4.69, 9.17) is 9.15 Å². The number of Topliss-reactive ketones (excluding diaryl/α,β-unsaturated/α-hetero) is 1. The van der Waals surface area contributed by atoms with Gasteiger partial charge in [-0.25, -0.2) is 4.98 Å². The van der Waals surface area contributed by atoms with Gasteiger partial charge >= 0.3 is 0 Å². The van der Waals surface area contributed by atoms with Crippen LogP contribution in [0.4, 0.5) is 0 Å². The van der Waals surface area contributed by atoms with Crippen LogP contribution in [0.25, 0.3) is 0 Å². The van der Waals surface area contributed by atoms with E-state index in [2.05, 4.69) is 4.98 Å². The lowest BCUT2D eigenvalue weighted by Crippen LogP contribution is -2.48. The molecular weight excluding hydrogens is 458 g/mol. The van der Waals surface area contributed by atoms with Gasteiger partial charge in [-0.2, -0.15) is 0 Å². The Hall–Kier alpha value is -3.00. The molecule has 0 N–H and O–H groups in total. The van der Waals surface area contributed by atoms with Crippen molar-refractivity contribution in [2.45, 2.75) is 63.8 Å². The number of carbonyl (C=O) groups is 3. The molecule has 36 heavy (non-hydrogen) atoms. The zero-order valence-corrected chi connectivity index (χ0v) is 21.0. The van der Waals surface area contributed by atoms with Crippen molar-refractivity contribution in [2.75, 3.05) is 32.8 Å². The molecule has 0 radical (unpaired) electrons. The van der Waals surface area contributed by atoms with Crippen molar-refractivity contribution in [3.8, 4) is 0 Å². The van der Waals surface area contributed by atoms with Crippen LogP contribution >= 0.6 is 0 Å². The van der Waals surface area contributed by atoms with Crippen molar-refractivity contribution in [3.63, 3.8) is 0 Å². The normalized spacial score (nSPS) is 17.5. The highest BCUT2D eigenvalue weighted by Gasteiger charge is 2.34. The summed E-state index contributed by atoms with van der Waals surface area (Å²) < 4.78 is 10.7. The van der Waals surface area contributed by atoms with Crippen LogP contribution in [0.1, 0.15) is 67.6 Å². The Morgan fingerprint density at radius 3 is 2.47 bits per heavy atom. The first-order valence-electron chi connectivity index (χ1n) is 13.2. The molecule has 2 aromatic rings. The zero-order chi connectivity index (χ0) is 25.2. The largest absolute Gasteiger partial charge is 0.442 e. The van der Waals surface area contributed by atoms with Gasteiger partial charge < -0.3 is 19.0 Å². The summed E-state index contributed by atoms with van der Waals surface area (Å²) >= 11 is 0. The second kappa shape index (κ2) is 13.3. The fraction of sp³-hybridized carbons (Fsp3) is 0.571. The number of hydrogen-bond donors (Lipinski definition) is 0. The van der Waals surface area contributed by atoms with E-state index in [1.54, 1.807) is 9.80 Å². The van der Waals surface area contributed by atoms with E-state index in [-0.39, 0.29) is 36.3 Å². The maximum atomic E-state index is 13.7. The molecule has 8 nitrogen and oxygen atoms in total. The summed E-state index contributed by atoms with van der Waals surface area (Å²) in [7, 11) is 0. The summed E-state index contributed by atoms with van der Waals surface area (Å²) in [5.41, 5.74) is 1.11. The van der Waals surface area contributed by atoms with Crippen LogP contribution in [-0.2, 0) is 20.7 Å². The van der Waals surface area contributed by atoms with Crippen molar-refractivity contribution in [1.29, 1.82) is 0 Å². The molecule has 1 atom stereocenters. The molecule has 1 aliphatic carbocycles. The summed E-state index contributed by atoms with van der Waals surface area (Å²) in [4.78, 5) is 47.5. The third-order valence-electron chi connectivity index (χ3n) is 7.29. The quantitative estimate of drug-likeness (QED) is 0.439. The minimum absolute atomic E-state index is 0.0268. The molecule has 0 spiro atoms. The van der Waals surface area contributed by atoms with Crippen LogP contribution in [0.5, 0.6) is 0 Å². The molecule has 2 aliphatic rings. The number of amides is 2. The van der Waals surface area contributed by atoms with Crippen LogP contribution < -0.4 is 0 Å². The Balaban J connectivity index is 1.51. The third kappa shape index (κ3) is 7.26. The van der Waals surface area contributed by atoms with E-state index in [0.717, 1.165) is 31.2 Å². The van der Waals surface area contributed by atoms with Crippen LogP contribution in [0.15, 0.2) is 47.2 Å². The number of ketones is 1. The predicted octanol–water partition coefficient (Wildman–Crippen LogP) is 3.91. The first-order valence-corrected chi connectivity index (χ1v) is 13.2. The number of benzene rings is 1. The molecule has 2 amide bonds. The molecule has 8 heteroatoms. The van der Waals surface area contributed by atoms with Gasteiger partial charge in [-0.3, -0.25) is 14.4 Å². The summed E-state index contributed by atoms with van der Waals surface area (Å²) in [6.07, 6.45) is 9.79. The van der Waals surface area contributed by atoms with Gasteiger partial charge in [0, 0.05) is 32.5 Å². The van der Waals surface area contributed by atoms with Gasteiger partial charge in [0.25, 0.3) is 5.89 Å². The van der Waals surface area contributed by atoms with E-state index in [1.807, 2.05) is 30.3 Å². The highest BCUT2D eigenvalue weighted by Crippen LogP contribution is 2.27. The third-order valence-corrected chi connectivity index (χ3v) is 7.29. The molecular formula is C28H37N3O5. The molecule has 2 fully saturated rings. The van der Waals surface area contributed by atoms with Gasteiger partial charge in [0.15, 0.2) is 0 Å². The standard InChI is InChI=1S/C28H37N3O5/c32-25(30-16-19-35-20-17-30)13-14-26(33)31(21-23-9-5-2-6-10-23)24(27(34)28-29-15-18-36-28)12-11-22-7-3-1-4-8-22/h1,3-4,7-8,15,18,23-24H,2,5-6,9-14,16-17,19-21H2/t24-/m1/s1. The molecule has 1 aliphatic heterocycles. The van der Waals surface area contributed by atoms with Crippen LogP contribution in [-0.4, -0.2) is 71.3 Å². The zero-order valence-electron chi connectivity index (χ0n) is 21.0. The van der Waals surface area contributed by atoms with Crippen LogP contribution in [0.3, 0.4) is 0 Å². The van der Waals surface area contributed by atoms with Crippen molar-refractivity contribution >= 4 is 17.6 Å². The molecule has 1 aromatic carbocycles. The Morgan fingerprint density at radius 2 is 1.78 bits per heavy atom. The molecule has 4 rings (SSSR count). The fourth-order valence-electron chi connectivity index (χ4n) is 5.24. The molecule has 0 unspecified atom stereocenters. The van der Waals surface area contributed by atoms with Gasteiger partial charge in [-0.15, -0.1) is 0 Å². The number of nitrogens with zero attached hydrogens (tertiary/aromatic N) is 3.